The molecule has 70 valence electrons. The fraction of sp³-hybridized carbons (Fsp3) is 0.222. The SMILES string of the molecule is CNCC(=O)c1cc(Cl)cc(Cl)c1. The third-order valence-electron chi connectivity index (χ3n) is 1.52. The summed E-state index contributed by atoms with van der Waals surface area (Å²) < 4.78 is 0. The van der Waals surface area contributed by atoms with Gasteiger partial charge in [0.25, 0.3) is 0 Å². The van der Waals surface area contributed by atoms with Gasteiger partial charge >= 0.3 is 0 Å². The van der Waals surface area contributed by atoms with E-state index in [0.717, 1.165) is 0 Å². The molecule has 0 atom stereocenters. The van der Waals surface area contributed by atoms with Crippen molar-refractivity contribution in [2.75, 3.05) is 13.6 Å². The molecule has 1 rings (SSSR count). The molecule has 0 aromatic heterocycles. The maximum absolute atomic E-state index is 11.4. The van der Waals surface area contributed by atoms with Gasteiger partial charge in [0, 0.05) is 15.6 Å². The van der Waals surface area contributed by atoms with Crippen molar-refractivity contribution in [2.45, 2.75) is 0 Å². The molecule has 0 saturated heterocycles. The van der Waals surface area contributed by atoms with Crippen LogP contribution < -0.4 is 5.32 Å². The Kier molecular flexibility index (Phi) is 3.72. The Balaban J connectivity index is 2.94. The number of nitrogens with one attached hydrogen (secondary N) is 1. The second kappa shape index (κ2) is 4.61. The van der Waals surface area contributed by atoms with Crippen molar-refractivity contribution in [2.24, 2.45) is 0 Å². The van der Waals surface area contributed by atoms with Crippen LogP contribution in [-0.4, -0.2) is 19.4 Å². The predicted molar refractivity (Wildman–Crippen MR) is 54.7 cm³/mol. The van der Waals surface area contributed by atoms with E-state index in [2.05, 4.69) is 5.32 Å². The van der Waals surface area contributed by atoms with Gasteiger partial charge in [0.15, 0.2) is 5.78 Å². The van der Waals surface area contributed by atoms with E-state index < -0.39 is 0 Å². The minimum atomic E-state index is -0.0214. The summed E-state index contributed by atoms with van der Waals surface area (Å²) in [5, 5.41) is 3.73. The monoisotopic (exact) mass is 217 g/mol. The normalized spacial score (nSPS) is 10.1. The first-order chi connectivity index (χ1) is 6.13. The van der Waals surface area contributed by atoms with E-state index in [1.807, 2.05) is 0 Å². The van der Waals surface area contributed by atoms with Gasteiger partial charge < -0.3 is 5.32 Å². The number of hydrogen-bond acceptors (Lipinski definition) is 2. The van der Waals surface area contributed by atoms with Crippen molar-refractivity contribution in [3.63, 3.8) is 0 Å². The van der Waals surface area contributed by atoms with Crippen LogP contribution in [0.1, 0.15) is 10.4 Å². The predicted octanol–water partition coefficient (Wildman–Crippen LogP) is 2.40. The maximum Gasteiger partial charge on any atom is 0.176 e. The summed E-state index contributed by atoms with van der Waals surface area (Å²) in [7, 11) is 1.71. The molecule has 2 nitrogen and oxygen atoms in total. The zero-order valence-electron chi connectivity index (χ0n) is 7.10. The fourth-order valence-corrected chi connectivity index (χ4v) is 1.50. The van der Waals surface area contributed by atoms with Crippen molar-refractivity contribution in [1.29, 1.82) is 0 Å². The Bertz CT molecular complexity index is 305. The van der Waals surface area contributed by atoms with Crippen LogP contribution in [0.5, 0.6) is 0 Å². The maximum atomic E-state index is 11.4. The summed E-state index contributed by atoms with van der Waals surface area (Å²) in [6.07, 6.45) is 0. The zero-order chi connectivity index (χ0) is 9.84. The van der Waals surface area contributed by atoms with Gasteiger partial charge in [0.05, 0.1) is 6.54 Å². The third kappa shape index (κ3) is 2.99. The summed E-state index contributed by atoms with van der Waals surface area (Å²) in [5.74, 6) is -0.0214. The van der Waals surface area contributed by atoms with Crippen molar-refractivity contribution < 1.29 is 4.79 Å². The second-order valence-corrected chi connectivity index (χ2v) is 3.48. The lowest BCUT2D eigenvalue weighted by molar-refractivity contribution is 0.0993. The molecule has 0 aliphatic heterocycles. The minimum absolute atomic E-state index is 0.0214. The molecule has 0 aliphatic rings. The smallest absolute Gasteiger partial charge is 0.176 e. The molecule has 0 amide bonds. The second-order valence-electron chi connectivity index (χ2n) is 2.61. The Hall–Kier alpha value is -0.570. The first-order valence-electron chi connectivity index (χ1n) is 3.77. The van der Waals surface area contributed by atoms with Crippen LogP contribution in [0.25, 0.3) is 0 Å². The Morgan fingerprint density at radius 2 is 1.85 bits per heavy atom. The van der Waals surface area contributed by atoms with Crippen molar-refractivity contribution >= 4 is 29.0 Å². The standard InChI is InChI=1S/C9H9Cl2NO/c1-12-5-9(13)6-2-7(10)4-8(11)3-6/h2-4,12H,5H2,1H3. The zero-order valence-corrected chi connectivity index (χ0v) is 8.62. The van der Waals surface area contributed by atoms with Gasteiger partial charge in [0.2, 0.25) is 0 Å². The molecule has 0 aliphatic carbocycles. The summed E-state index contributed by atoms with van der Waals surface area (Å²) in [4.78, 5) is 11.4. The average molecular weight is 218 g/mol. The van der Waals surface area contributed by atoms with Gasteiger partial charge in [-0.25, -0.2) is 0 Å². The van der Waals surface area contributed by atoms with E-state index in [-0.39, 0.29) is 12.3 Å². The molecule has 1 aromatic carbocycles. The number of ketones is 1. The Morgan fingerprint density at radius 3 is 2.31 bits per heavy atom. The molecular formula is C9H9Cl2NO. The van der Waals surface area contributed by atoms with Crippen LogP contribution in [0, 0.1) is 0 Å². The van der Waals surface area contributed by atoms with E-state index in [1.54, 1.807) is 25.2 Å². The van der Waals surface area contributed by atoms with Crippen LogP contribution in [0.2, 0.25) is 10.0 Å². The lowest BCUT2D eigenvalue weighted by atomic mass is 10.1. The largest absolute Gasteiger partial charge is 0.313 e. The van der Waals surface area contributed by atoms with Crippen molar-refractivity contribution in [3.8, 4) is 0 Å². The fourth-order valence-electron chi connectivity index (χ4n) is 0.977. The molecule has 0 bridgehead atoms. The first kappa shape index (κ1) is 10.5. The van der Waals surface area contributed by atoms with E-state index in [0.29, 0.717) is 15.6 Å². The first-order valence-corrected chi connectivity index (χ1v) is 4.53. The van der Waals surface area contributed by atoms with Crippen LogP contribution in [0.4, 0.5) is 0 Å². The lowest BCUT2D eigenvalue weighted by Gasteiger charge is -2.01. The number of carbonyl (C=O) groups is 1. The highest BCUT2D eigenvalue weighted by atomic mass is 35.5. The van der Waals surface area contributed by atoms with Crippen molar-refractivity contribution in [3.05, 3.63) is 33.8 Å². The van der Waals surface area contributed by atoms with Gasteiger partial charge in [0.1, 0.15) is 0 Å². The Labute approximate surface area is 86.8 Å². The summed E-state index contributed by atoms with van der Waals surface area (Å²) in [6, 6.07) is 4.81. The molecular weight excluding hydrogens is 209 g/mol. The summed E-state index contributed by atoms with van der Waals surface area (Å²) in [6.45, 7) is 0.288. The third-order valence-corrected chi connectivity index (χ3v) is 1.96. The van der Waals surface area contributed by atoms with Gasteiger partial charge in [-0.05, 0) is 25.2 Å². The number of halogens is 2. The van der Waals surface area contributed by atoms with E-state index in [9.17, 15) is 4.79 Å². The number of Topliss-reactive ketones (excluding diaryl/α,β-unsaturated/α-hetero) is 1. The lowest BCUT2D eigenvalue weighted by Crippen LogP contribution is -2.18. The number of hydrogen-bond donors (Lipinski definition) is 1. The van der Waals surface area contributed by atoms with E-state index in [4.69, 9.17) is 23.2 Å². The molecule has 0 heterocycles. The molecule has 0 saturated carbocycles. The highest BCUT2D eigenvalue weighted by molar-refractivity contribution is 6.35. The van der Waals surface area contributed by atoms with Gasteiger partial charge in [-0.1, -0.05) is 23.2 Å². The van der Waals surface area contributed by atoms with Crippen LogP contribution in [0.15, 0.2) is 18.2 Å². The van der Waals surface area contributed by atoms with Gasteiger partial charge in [-0.3, -0.25) is 4.79 Å². The Morgan fingerprint density at radius 1 is 1.31 bits per heavy atom. The molecule has 0 fully saturated rings. The molecule has 1 aromatic rings. The average Bonchev–Trinajstić information content (AvgIpc) is 2.03. The molecule has 13 heavy (non-hydrogen) atoms. The quantitative estimate of drug-likeness (QED) is 0.789. The van der Waals surface area contributed by atoms with Gasteiger partial charge in [-0.2, -0.15) is 0 Å². The molecule has 4 heteroatoms. The number of likely N-dealkylation sites (N-methyl/N-ethyl adjacent to an activating group) is 1. The molecule has 1 N–H and O–H groups in total. The number of carbonyl (C=O) groups excluding carboxylic acids is 1. The molecule has 0 unspecified atom stereocenters. The molecule has 0 spiro atoms. The van der Waals surface area contributed by atoms with E-state index in [1.165, 1.54) is 0 Å². The van der Waals surface area contributed by atoms with Crippen molar-refractivity contribution in [1.82, 2.24) is 5.32 Å². The number of benzene rings is 1. The topological polar surface area (TPSA) is 29.1 Å². The van der Waals surface area contributed by atoms with Gasteiger partial charge in [-0.15, -0.1) is 0 Å². The summed E-state index contributed by atoms with van der Waals surface area (Å²) in [5.41, 5.74) is 0.534. The summed E-state index contributed by atoms with van der Waals surface area (Å²) >= 11 is 11.5. The van der Waals surface area contributed by atoms with E-state index >= 15 is 0 Å². The molecule has 0 radical (unpaired) electrons. The number of rotatable bonds is 3. The van der Waals surface area contributed by atoms with Crippen LogP contribution in [-0.2, 0) is 0 Å². The van der Waals surface area contributed by atoms with Crippen LogP contribution in [0.3, 0.4) is 0 Å². The highest BCUT2D eigenvalue weighted by Gasteiger charge is 2.06. The van der Waals surface area contributed by atoms with Crippen LogP contribution >= 0.6 is 23.2 Å². The highest BCUT2D eigenvalue weighted by Crippen LogP contribution is 2.19. The minimum Gasteiger partial charge on any atom is -0.313 e.